The molecule has 0 amide bonds. The molecule has 0 heterocycles. The Morgan fingerprint density at radius 3 is 2.67 bits per heavy atom. The number of hydrogen-bond donors (Lipinski definition) is 2. The van der Waals surface area contributed by atoms with E-state index in [9.17, 15) is 4.39 Å². The standard InChI is InChI=1S/C14H22BrFN2/c1-2-3-4-5-6-7-14(18-17)12-10-11(16)8-9-13(12)15/h8-10,14,18H,2-7,17H2,1H3. The zero-order valence-electron chi connectivity index (χ0n) is 10.9. The maximum absolute atomic E-state index is 13.2. The number of halogens is 2. The molecule has 1 aromatic rings. The lowest BCUT2D eigenvalue weighted by Crippen LogP contribution is -2.28. The average Bonchev–Trinajstić information content (AvgIpc) is 2.37. The highest BCUT2D eigenvalue weighted by Gasteiger charge is 2.13. The fourth-order valence-corrected chi connectivity index (χ4v) is 2.59. The molecule has 3 N–H and O–H groups in total. The predicted molar refractivity (Wildman–Crippen MR) is 77.5 cm³/mol. The molecule has 0 bridgehead atoms. The lowest BCUT2D eigenvalue weighted by Gasteiger charge is -2.17. The van der Waals surface area contributed by atoms with Gasteiger partial charge in [-0.15, -0.1) is 0 Å². The molecular weight excluding hydrogens is 295 g/mol. The third-order valence-electron chi connectivity index (χ3n) is 3.13. The van der Waals surface area contributed by atoms with E-state index in [-0.39, 0.29) is 11.9 Å². The number of benzene rings is 1. The maximum atomic E-state index is 13.2. The van der Waals surface area contributed by atoms with E-state index in [4.69, 9.17) is 5.84 Å². The van der Waals surface area contributed by atoms with Crippen LogP contribution in [0.2, 0.25) is 0 Å². The van der Waals surface area contributed by atoms with Crippen molar-refractivity contribution in [2.24, 2.45) is 5.84 Å². The Labute approximate surface area is 117 Å². The summed E-state index contributed by atoms with van der Waals surface area (Å²) in [5, 5.41) is 0. The molecule has 1 atom stereocenters. The predicted octanol–water partition coefficient (Wildman–Crippen LogP) is 4.45. The second kappa shape index (κ2) is 8.62. The fourth-order valence-electron chi connectivity index (χ4n) is 2.06. The Bertz CT molecular complexity index is 358. The first kappa shape index (κ1) is 15.6. The highest BCUT2D eigenvalue weighted by Crippen LogP contribution is 2.27. The van der Waals surface area contributed by atoms with E-state index in [0.29, 0.717) is 0 Å². The smallest absolute Gasteiger partial charge is 0.123 e. The summed E-state index contributed by atoms with van der Waals surface area (Å²) < 4.78 is 14.1. The molecule has 0 aliphatic heterocycles. The number of hydrazine groups is 1. The van der Waals surface area contributed by atoms with Crippen LogP contribution in [0.15, 0.2) is 22.7 Å². The van der Waals surface area contributed by atoms with Crippen LogP contribution in [0.1, 0.15) is 57.1 Å². The molecule has 4 heteroatoms. The van der Waals surface area contributed by atoms with Gasteiger partial charge in [0, 0.05) is 10.5 Å². The van der Waals surface area contributed by atoms with E-state index < -0.39 is 0 Å². The van der Waals surface area contributed by atoms with Crippen molar-refractivity contribution in [1.82, 2.24) is 5.43 Å². The van der Waals surface area contributed by atoms with E-state index >= 15 is 0 Å². The molecule has 0 aliphatic rings. The molecule has 0 spiro atoms. The molecule has 0 aromatic heterocycles. The van der Waals surface area contributed by atoms with Gasteiger partial charge < -0.3 is 0 Å². The van der Waals surface area contributed by atoms with Crippen molar-refractivity contribution in [3.8, 4) is 0 Å². The van der Waals surface area contributed by atoms with Crippen LogP contribution in [-0.4, -0.2) is 0 Å². The van der Waals surface area contributed by atoms with Crippen LogP contribution in [0.25, 0.3) is 0 Å². The summed E-state index contributed by atoms with van der Waals surface area (Å²) in [5.74, 6) is 5.35. The van der Waals surface area contributed by atoms with Crippen molar-refractivity contribution in [3.05, 3.63) is 34.1 Å². The van der Waals surface area contributed by atoms with Crippen LogP contribution in [0, 0.1) is 5.82 Å². The van der Waals surface area contributed by atoms with Crippen LogP contribution >= 0.6 is 15.9 Å². The molecule has 0 fully saturated rings. The molecule has 102 valence electrons. The summed E-state index contributed by atoms with van der Waals surface area (Å²) in [7, 11) is 0. The minimum atomic E-state index is -0.223. The van der Waals surface area contributed by atoms with Gasteiger partial charge in [-0.25, -0.2) is 4.39 Å². The number of nitrogens with two attached hydrogens (primary N) is 1. The van der Waals surface area contributed by atoms with Gasteiger partial charge in [0.25, 0.3) is 0 Å². The van der Waals surface area contributed by atoms with Gasteiger partial charge in [0.1, 0.15) is 5.82 Å². The highest BCUT2D eigenvalue weighted by atomic mass is 79.9. The zero-order valence-corrected chi connectivity index (χ0v) is 12.5. The van der Waals surface area contributed by atoms with Gasteiger partial charge >= 0.3 is 0 Å². The maximum Gasteiger partial charge on any atom is 0.123 e. The van der Waals surface area contributed by atoms with E-state index in [1.54, 1.807) is 12.1 Å². The van der Waals surface area contributed by atoms with Gasteiger partial charge in [0.15, 0.2) is 0 Å². The van der Waals surface area contributed by atoms with Crippen molar-refractivity contribution in [3.63, 3.8) is 0 Å². The molecule has 1 aromatic carbocycles. The van der Waals surface area contributed by atoms with Gasteiger partial charge in [0.05, 0.1) is 0 Å². The van der Waals surface area contributed by atoms with Crippen molar-refractivity contribution < 1.29 is 4.39 Å². The summed E-state index contributed by atoms with van der Waals surface area (Å²) in [6, 6.07) is 4.73. The Morgan fingerprint density at radius 2 is 2.00 bits per heavy atom. The first-order valence-electron chi connectivity index (χ1n) is 6.60. The molecule has 0 radical (unpaired) electrons. The molecular formula is C14H22BrFN2. The minimum absolute atomic E-state index is 0.0108. The normalized spacial score (nSPS) is 12.7. The van der Waals surface area contributed by atoms with Gasteiger partial charge in [-0.3, -0.25) is 11.3 Å². The first-order chi connectivity index (χ1) is 8.69. The lowest BCUT2D eigenvalue weighted by molar-refractivity contribution is 0.475. The van der Waals surface area contributed by atoms with Crippen LogP contribution < -0.4 is 11.3 Å². The topological polar surface area (TPSA) is 38.0 Å². The molecule has 2 nitrogen and oxygen atoms in total. The van der Waals surface area contributed by atoms with E-state index in [1.165, 1.54) is 31.7 Å². The fraction of sp³-hybridized carbons (Fsp3) is 0.571. The van der Waals surface area contributed by atoms with Crippen LogP contribution in [0.4, 0.5) is 4.39 Å². The average molecular weight is 317 g/mol. The van der Waals surface area contributed by atoms with Crippen LogP contribution in [-0.2, 0) is 0 Å². The van der Waals surface area contributed by atoms with Gasteiger partial charge in [0.2, 0.25) is 0 Å². The third kappa shape index (κ3) is 5.04. The molecule has 0 saturated carbocycles. The summed E-state index contributed by atoms with van der Waals surface area (Å²) in [5.41, 5.74) is 3.68. The largest absolute Gasteiger partial charge is 0.271 e. The monoisotopic (exact) mass is 316 g/mol. The third-order valence-corrected chi connectivity index (χ3v) is 3.85. The lowest BCUT2D eigenvalue weighted by atomic mass is 10.0. The number of unbranched alkanes of at least 4 members (excludes halogenated alkanes) is 4. The van der Waals surface area contributed by atoms with E-state index in [2.05, 4.69) is 28.3 Å². The molecule has 1 unspecified atom stereocenters. The van der Waals surface area contributed by atoms with Crippen molar-refractivity contribution >= 4 is 15.9 Å². The van der Waals surface area contributed by atoms with Crippen molar-refractivity contribution in [1.29, 1.82) is 0 Å². The highest BCUT2D eigenvalue weighted by molar-refractivity contribution is 9.10. The van der Waals surface area contributed by atoms with Crippen molar-refractivity contribution in [2.45, 2.75) is 51.5 Å². The molecule has 0 aliphatic carbocycles. The second-order valence-electron chi connectivity index (χ2n) is 4.59. The van der Waals surface area contributed by atoms with Gasteiger partial charge in [-0.05, 0) is 30.2 Å². The van der Waals surface area contributed by atoms with Crippen LogP contribution in [0.3, 0.4) is 0 Å². The first-order valence-corrected chi connectivity index (χ1v) is 7.39. The Kier molecular flexibility index (Phi) is 7.47. The van der Waals surface area contributed by atoms with Crippen molar-refractivity contribution in [2.75, 3.05) is 0 Å². The molecule has 0 saturated heterocycles. The summed E-state index contributed by atoms with van der Waals surface area (Å²) in [6.07, 6.45) is 7.04. The van der Waals surface area contributed by atoms with E-state index in [1.807, 2.05) is 0 Å². The van der Waals surface area contributed by atoms with Gasteiger partial charge in [-0.1, -0.05) is 55.0 Å². The zero-order chi connectivity index (χ0) is 13.4. The summed E-state index contributed by atoms with van der Waals surface area (Å²) in [6.45, 7) is 2.20. The van der Waals surface area contributed by atoms with Crippen LogP contribution in [0.5, 0.6) is 0 Å². The number of rotatable bonds is 8. The Balaban J connectivity index is 2.52. The Hall–Kier alpha value is -0.450. The number of hydrogen-bond acceptors (Lipinski definition) is 2. The quantitative estimate of drug-likeness (QED) is 0.422. The van der Waals surface area contributed by atoms with Gasteiger partial charge in [-0.2, -0.15) is 0 Å². The summed E-state index contributed by atoms with van der Waals surface area (Å²) >= 11 is 3.44. The van der Waals surface area contributed by atoms with E-state index in [0.717, 1.165) is 22.9 Å². The molecule has 18 heavy (non-hydrogen) atoms. The Morgan fingerprint density at radius 1 is 1.28 bits per heavy atom. The summed E-state index contributed by atoms with van der Waals surface area (Å²) in [4.78, 5) is 0. The SMILES string of the molecule is CCCCCCCC(NN)c1cc(F)ccc1Br. The number of nitrogens with one attached hydrogen (secondary N) is 1. The minimum Gasteiger partial charge on any atom is -0.271 e. The second-order valence-corrected chi connectivity index (χ2v) is 5.44. The molecule has 1 rings (SSSR count).